The Bertz CT molecular complexity index is 1310. The number of nitrogens with zero attached hydrogens (tertiary/aromatic N) is 4. The van der Waals surface area contributed by atoms with Gasteiger partial charge in [-0.3, -0.25) is 9.59 Å². The van der Waals surface area contributed by atoms with Crippen LogP contribution >= 0.6 is 12.6 Å². The second kappa shape index (κ2) is 8.75. The van der Waals surface area contributed by atoms with Crippen molar-refractivity contribution >= 4 is 36.1 Å². The van der Waals surface area contributed by atoms with Gasteiger partial charge in [-0.1, -0.05) is 6.07 Å². The number of carbonyl (C=O) groups excluding carboxylic acids is 2. The van der Waals surface area contributed by atoms with E-state index in [1.165, 1.54) is 10.6 Å². The number of benzene rings is 1. The van der Waals surface area contributed by atoms with Crippen molar-refractivity contribution in [3.63, 3.8) is 0 Å². The van der Waals surface area contributed by atoms with Crippen LogP contribution in [0.2, 0.25) is 0 Å². The molecule has 0 saturated carbocycles. The highest BCUT2D eigenvalue weighted by atomic mass is 32.1. The summed E-state index contributed by atoms with van der Waals surface area (Å²) >= 11 is 4.49. The van der Waals surface area contributed by atoms with E-state index in [2.05, 4.69) is 28.0 Å². The summed E-state index contributed by atoms with van der Waals surface area (Å²) in [6, 6.07) is 6.27. The predicted molar refractivity (Wildman–Crippen MR) is 128 cm³/mol. The maximum absolute atomic E-state index is 13.3. The lowest BCUT2D eigenvalue weighted by Crippen LogP contribution is -2.39. The van der Waals surface area contributed by atoms with Crippen LogP contribution in [0, 0.1) is 6.92 Å². The van der Waals surface area contributed by atoms with Crippen LogP contribution in [-0.2, 0) is 6.42 Å². The molecule has 1 aliphatic carbocycles. The smallest absolute Gasteiger partial charge is 0.335 e. The minimum absolute atomic E-state index is 0.207. The minimum atomic E-state index is -0.957. The molecule has 2 aromatic heterocycles. The molecule has 0 bridgehead atoms. The molecule has 176 valence electrons. The Morgan fingerprint density at radius 1 is 1.15 bits per heavy atom. The average molecular weight is 480 g/mol. The van der Waals surface area contributed by atoms with Crippen molar-refractivity contribution in [2.45, 2.75) is 43.9 Å². The first-order chi connectivity index (χ1) is 16.3. The van der Waals surface area contributed by atoms with Crippen LogP contribution in [0.3, 0.4) is 0 Å². The molecule has 1 atom stereocenters. The third-order valence-electron chi connectivity index (χ3n) is 6.79. The number of carbonyl (C=O) groups is 3. The summed E-state index contributed by atoms with van der Waals surface area (Å²) in [5.74, 6) is -1.53. The Hall–Kier alpha value is -3.40. The van der Waals surface area contributed by atoms with E-state index < -0.39 is 5.97 Å². The summed E-state index contributed by atoms with van der Waals surface area (Å²) in [6.07, 6.45) is 4.54. The van der Waals surface area contributed by atoms with E-state index in [1.54, 1.807) is 36.2 Å². The van der Waals surface area contributed by atoms with Gasteiger partial charge in [0.1, 0.15) is 11.4 Å². The van der Waals surface area contributed by atoms with Gasteiger partial charge in [-0.15, -0.1) is 0 Å². The largest absolute Gasteiger partial charge is 0.478 e. The van der Waals surface area contributed by atoms with E-state index in [1.807, 2.05) is 0 Å². The lowest BCUT2D eigenvalue weighted by atomic mass is 9.98. The molecule has 1 aromatic carbocycles. The van der Waals surface area contributed by atoms with Gasteiger partial charge in [-0.2, -0.15) is 17.7 Å². The van der Waals surface area contributed by atoms with Crippen LogP contribution in [0.1, 0.15) is 73.3 Å². The van der Waals surface area contributed by atoms with Gasteiger partial charge in [-0.05, 0) is 55.4 Å². The Morgan fingerprint density at radius 2 is 1.91 bits per heavy atom. The molecule has 0 unspecified atom stereocenters. The zero-order valence-electron chi connectivity index (χ0n) is 18.7. The molecular weight excluding hydrogens is 454 g/mol. The molecule has 1 aliphatic heterocycles. The third-order valence-corrected chi connectivity index (χ3v) is 7.31. The number of hydrogen-bond donors (Lipinski definition) is 3. The van der Waals surface area contributed by atoms with Gasteiger partial charge in [0.15, 0.2) is 5.65 Å². The molecule has 34 heavy (non-hydrogen) atoms. The van der Waals surface area contributed by atoms with Crippen molar-refractivity contribution < 1.29 is 19.5 Å². The number of aromatic carboxylic acids is 1. The molecule has 0 spiro atoms. The molecule has 2 aliphatic rings. The summed E-state index contributed by atoms with van der Waals surface area (Å²) in [5.41, 5.74) is 3.77. The number of nitrogens with one attached hydrogen (secondary N) is 1. The standard InChI is InChI=1S/C24H25N5O4S/c1-13-15-4-5-18(17(15)3-2-16(13)24(32)33)27-22(30)20-12-19(26-21-6-9-25-29(20)21)23(31)28-10-7-14(34)8-11-28/h2-3,6,9,12,14,18,34H,4-5,7-8,10-11H2,1H3,(H,27,30)(H,32,33)/t18-/m0/s1. The zero-order chi connectivity index (χ0) is 24.0. The fraction of sp³-hybridized carbons (Fsp3) is 0.375. The van der Waals surface area contributed by atoms with Crippen LogP contribution in [0.15, 0.2) is 30.5 Å². The highest BCUT2D eigenvalue weighted by Crippen LogP contribution is 2.35. The maximum atomic E-state index is 13.3. The molecule has 0 radical (unpaired) electrons. The molecule has 2 N–H and O–H groups in total. The number of amides is 2. The van der Waals surface area contributed by atoms with Crippen molar-refractivity contribution in [1.29, 1.82) is 0 Å². The number of fused-ring (bicyclic) bond motifs is 2. The molecule has 3 heterocycles. The Balaban J connectivity index is 1.42. The first-order valence-electron chi connectivity index (χ1n) is 11.3. The number of aromatic nitrogens is 3. The number of likely N-dealkylation sites (tertiary alicyclic amines) is 1. The molecule has 3 aromatic rings. The average Bonchev–Trinajstić information content (AvgIpc) is 3.46. The van der Waals surface area contributed by atoms with Gasteiger partial charge in [0.05, 0.1) is 17.8 Å². The second-order valence-electron chi connectivity index (χ2n) is 8.83. The number of hydrogen-bond acceptors (Lipinski definition) is 6. The topological polar surface area (TPSA) is 117 Å². The van der Waals surface area contributed by atoms with Crippen LogP contribution in [-0.4, -0.2) is 60.7 Å². The highest BCUT2D eigenvalue weighted by Gasteiger charge is 2.29. The number of thiol groups is 1. The van der Waals surface area contributed by atoms with Crippen LogP contribution in [0.4, 0.5) is 0 Å². The predicted octanol–water partition coefficient (Wildman–Crippen LogP) is 2.69. The summed E-state index contributed by atoms with van der Waals surface area (Å²) in [6.45, 7) is 3.02. The Labute approximate surface area is 201 Å². The summed E-state index contributed by atoms with van der Waals surface area (Å²) < 4.78 is 1.43. The van der Waals surface area contributed by atoms with Crippen molar-refractivity contribution in [2.24, 2.45) is 0 Å². The molecule has 1 saturated heterocycles. The van der Waals surface area contributed by atoms with E-state index in [4.69, 9.17) is 0 Å². The number of rotatable bonds is 4. The van der Waals surface area contributed by atoms with Crippen molar-refractivity contribution in [3.05, 3.63) is 64.1 Å². The van der Waals surface area contributed by atoms with Crippen molar-refractivity contribution in [3.8, 4) is 0 Å². The van der Waals surface area contributed by atoms with Crippen LogP contribution < -0.4 is 5.32 Å². The van der Waals surface area contributed by atoms with E-state index in [-0.39, 0.29) is 34.8 Å². The molecule has 2 amide bonds. The highest BCUT2D eigenvalue weighted by molar-refractivity contribution is 7.80. The van der Waals surface area contributed by atoms with Gasteiger partial charge < -0.3 is 15.3 Å². The number of piperidine rings is 1. The SMILES string of the molecule is Cc1c(C(=O)O)ccc2c1CC[C@@H]2NC(=O)c1cc(C(=O)N2CCC(S)CC2)nc2ccnn12. The quantitative estimate of drug-likeness (QED) is 0.496. The summed E-state index contributed by atoms with van der Waals surface area (Å²) in [4.78, 5) is 44.1. The minimum Gasteiger partial charge on any atom is -0.478 e. The molecule has 9 nitrogen and oxygen atoms in total. The van der Waals surface area contributed by atoms with Gasteiger partial charge in [-0.25, -0.2) is 14.3 Å². The molecular formula is C24H25N5O4S. The third kappa shape index (κ3) is 3.91. The lowest BCUT2D eigenvalue weighted by Gasteiger charge is -2.29. The Morgan fingerprint density at radius 3 is 2.65 bits per heavy atom. The normalized spacial score (nSPS) is 18.2. The van der Waals surface area contributed by atoms with E-state index in [9.17, 15) is 19.5 Å². The van der Waals surface area contributed by atoms with Gasteiger partial charge in [0, 0.05) is 30.5 Å². The summed E-state index contributed by atoms with van der Waals surface area (Å²) in [7, 11) is 0. The maximum Gasteiger partial charge on any atom is 0.335 e. The number of carboxylic acids is 1. The first kappa shape index (κ1) is 22.4. The van der Waals surface area contributed by atoms with E-state index >= 15 is 0 Å². The van der Waals surface area contributed by atoms with Crippen molar-refractivity contribution in [1.82, 2.24) is 24.8 Å². The van der Waals surface area contributed by atoms with Gasteiger partial charge in [0.2, 0.25) is 0 Å². The van der Waals surface area contributed by atoms with Crippen LogP contribution in [0.5, 0.6) is 0 Å². The fourth-order valence-electron chi connectivity index (χ4n) is 4.91. The zero-order valence-corrected chi connectivity index (χ0v) is 19.6. The molecule has 10 heteroatoms. The monoisotopic (exact) mass is 479 g/mol. The second-order valence-corrected chi connectivity index (χ2v) is 9.56. The Kier molecular flexibility index (Phi) is 5.76. The fourth-order valence-corrected chi connectivity index (χ4v) is 5.14. The van der Waals surface area contributed by atoms with Crippen LogP contribution in [0.25, 0.3) is 5.65 Å². The lowest BCUT2D eigenvalue weighted by molar-refractivity contribution is 0.0692. The van der Waals surface area contributed by atoms with E-state index in [0.29, 0.717) is 36.8 Å². The van der Waals surface area contributed by atoms with Gasteiger partial charge >= 0.3 is 5.97 Å². The van der Waals surface area contributed by atoms with Gasteiger partial charge in [0.25, 0.3) is 11.8 Å². The summed E-state index contributed by atoms with van der Waals surface area (Å²) in [5, 5.41) is 17.0. The molecule has 1 fully saturated rings. The first-order valence-corrected chi connectivity index (χ1v) is 11.8. The molecule has 5 rings (SSSR count). The number of carboxylic acid groups (broad SMARTS) is 1. The van der Waals surface area contributed by atoms with Crippen molar-refractivity contribution in [2.75, 3.05) is 13.1 Å². The van der Waals surface area contributed by atoms with E-state index in [0.717, 1.165) is 29.5 Å².